The molecule has 1 aromatic carbocycles. The number of nitrogens with zero attached hydrogens (tertiary/aromatic N) is 3. The van der Waals surface area contributed by atoms with Crippen molar-refractivity contribution in [3.63, 3.8) is 0 Å². The highest BCUT2D eigenvalue weighted by molar-refractivity contribution is 14.0. The fourth-order valence-corrected chi connectivity index (χ4v) is 1.92. The summed E-state index contributed by atoms with van der Waals surface area (Å²) < 4.78 is 0. The SMILES string of the molecule is CCNC(=O)c1cccc(CN=C(N(C)C)N(C)C)c1.I. The molecule has 6 heteroatoms. The number of hydrogen-bond donors (Lipinski definition) is 1. The molecule has 0 atom stereocenters. The van der Waals surface area contributed by atoms with Crippen LogP contribution in [0.5, 0.6) is 0 Å². The summed E-state index contributed by atoms with van der Waals surface area (Å²) >= 11 is 0. The molecule has 0 saturated carbocycles. The number of benzene rings is 1. The molecular formula is C15H25IN4O. The molecule has 1 aromatic rings. The van der Waals surface area contributed by atoms with E-state index < -0.39 is 0 Å². The molecule has 0 fully saturated rings. The van der Waals surface area contributed by atoms with E-state index in [0.29, 0.717) is 18.7 Å². The van der Waals surface area contributed by atoms with Crippen molar-refractivity contribution < 1.29 is 4.79 Å². The quantitative estimate of drug-likeness (QED) is 0.475. The van der Waals surface area contributed by atoms with Gasteiger partial charge in [-0.3, -0.25) is 4.79 Å². The number of carbonyl (C=O) groups excluding carboxylic acids is 1. The lowest BCUT2D eigenvalue weighted by molar-refractivity contribution is 0.0955. The molecule has 21 heavy (non-hydrogen) atoms. The molecule has 0 heterocycles. The summed E-state index contributed by atoms with van der Waals surface area (Å²) in [5.74, 6) is 0.854. The monoisotopic (exact) mass is 404 g/mol. The highest BCUT2D eigenvalue weighted by Gasteiger charge is 2.06. The van der Waals surface area contributed by atoms with E-state index in [1.807, 2.05) is 69.2 Å². The topological polar surface area (TPSA) is 47.9 Å². The predicted molar refractivity (Wildman–Crippen MR) is 98.4 cm³/mol. The van der Waals surface area contributed by atoms with Crippen molar-refractivity contribution in [3.05, 3.63) is 35.4 Å². The first-order valence-corrected chi connectivity index (χ1v) is 6.72. The van der Waals surface area contributed by atoms with Crippen LogP contribution in [0.1, 0.15) is 22.8 Å². The van der Waals surface area contributed by atoms with Crippen molar-refractivity contribution in [2.24, 2.45) is 4.99 Å². The van der Waals surface area contributed by atoms with Crippen LogP contribution in [-0.4, -0.2) is 56.4 Å². The van der Waals surface area contributed by atoms with E-state index in [-0.39, 0.29) is 29.9 Å². The third-order valence-corrected chi connectivity index (χ3v) is 2.73. The van der Waals surface area contributed by atoms with E-state index in [2.05, 4.69) is 10.3 Å². The fourth-order valence-electron chi connectivity index (χ4n) is 1.92. The Morgan fingerprint density at radius 2 is 1.81 bits per heavy atom. The van der Waals surface area contributed by atoms with Gasteiger partial charge >= 0.3 is 0 Å². The van der Waals surface area contributed by atoms with E-state index in [1.54, 1.807) is 0 Å². The zero-order valence-electron chi connectivity index (χ0n) is 13.4. The minimum absolute atomic E-state index is 0. The van der Waals surface area contributed by atoms with Crippen LogP contribution in [0.15, 0.2) is 29.3 Å². The Labute approximate surface area is 144 Å². The maximum atomic E-state index is 11.8. The summed E-state index contributed by atoms with van der Waals surface area (Å²) in [6.07, 6.45) is 0. The van der Waals surface area contributed by atoms with Gasteiger partial charge < -0.3 is 15.1 Å². The van der Waals surface area contributed by atoms with Crippen LogP contribution in [0.2, 0.25) is 0 Å². The summed E-state index contributed by atoms with van der Waals surface area (Å²) in [5.41, 5.74) is 1.70. The lowest BCUT2D eigenvalue weighted by atomic mass is 10.1. The molecule has 0 spiro atoms. The Kier molecular flexibility index (Phi) is 9.00. The zero-order valence-corrected chi connectivity index (χ0v) is 15.7. The molecule has 1 rings (SSSR count). The molecule has 0 radical (unpaired) electrons. The number of carbonyl (C=O) groups is 1. The van der Waals surface area contributed by atoms with Gasteiger partial charge in [0, 0.05) is 40.3 Å². The van der Waals surface area contributed by atoms with Crippen LogP contribution < -0.4 is 5.32 Å². The molecular weight excluding hydrogens is 379 g/mol. The van der Waals surface area contributed by atoms with Gasteiger partial charge in [0.2, 0.25) is 0 Å². The molecule has 118 valence electrons. The van der Waals surface area contributed by atoms with Crippen molar-refractivity contribution in [2.45, 2.75) is 13.5 Å². The number of nitrogens with one attached hydrogen (secondary N) is 1. The fraction of sp³-hybridized carbons (Fsp3) is 0.467. The molecule has 0 aliphatic heterocycles. The summed E-state index contributed by atoms with van der Waals surface area (Å²) in [6, 6.07) is 7.57. The number of halogens is 1. The highest BCUT2D eigenvalue weighted by Crippen LogP contribution is 2.07. The van der Waals surface area contributed by atoms with Gasteiger partial charge in [0.1, 0.15) is 0 Å². The Bertz CT molecular complexity index is 476. The molecule has 0 unspecified atom stereocenters. The molecule has 1 N–H and O–H groups in total. The number of amides is 1. The van der Waals surface area contributed by atoms with E-state index in [4.69, 9.17) is 0 Å². The van der Waals surface area contributed by atoms with Crippen LogP contribution in [-0.2, 0) is 6.54 Å². The Balaban J connectivity index is 0.00000400. The van der Waals surface area contributed by atoms with Gasteiger partial charge in [-0.25, -0.2) is 4.99 Å². The van der Waals surface area contributed by atoms with Crippen molar-refractivity contribution in [1.29, 1.82) is 0 Å². The number of hydrogen-bond acceptors (Lipinski definition) is 2. The third-order valence-electron chi connectivity index (χ3n) is 2.73. The Morgan fingerprint density at radius 1 is 1.19 bits per heavy atom. The molecule has 0 saturated heterocycles. The largest absolute Gasteiger partial charge is 0.352 e. The van der Waals surface area contributed by atoms with Crippen LogP contribution >= 0.6 is 24.0 Å². The Morgan fingerprint density at radius 3 is 2.33 bits per heavy atom. The second kappa shape index (κ2) is 9.59. The van der Waals surface area contributed by atoms with E-state index in [9.17, 15) is 4.79 Å². The molecule has 5 nitrogen and oxygen atoms in total. The van der Waals surface area contributed by atoms with Crippen LogP contribution in [0.25, 0.3) is 0 Å². The number of aliphatic imine (C=N–C) groups is 1. The van der Waals surface area contributed by atoms with Gasteiger partial charge in [-0.15, -0.1) is 24.0 Å². The standard InChI is InChI=1S/C15H24N4O.HI/c1-6-16-14(20)13-9-7-8-12(10-13)11-17-15(18(2)3)19(4)5;/h7-10H,6,11H2,1-5H3,(H,16,20);1H. The van der Waals surface area contributed by atoms with E-state index in [1.165, 1.54) is 0 Å². The summed E-state index contributed by atoms with van der Waals surface area (Å²) in [7, 11) is 7.85. The van der Waals surface area contributed by atoms with Gasteiger partial charge in [0.25, 0.3) is 5.91 Å². The molecule has 0 bridgehead atoms. The second-order valence-electron chi connectivity index (χ2n) is 4.96. The van der Waals surface area contributed by atoms with Crippen molar-refractivity contribution in [1.82, 2.24) is 15.1 Å². The summed E-state index contributed by atoms with van der Waals surface area (Å²) in [5, 5.41) is 2.80. The maximum Gasteiger partial charge on any atom is 0.251 e. The van der Waals surface area contributed by atoms with Gasteiger partial charge in [-0.05, 0) is 24.6 Å². The lowest BCUT2D eigenvalue weighted by Crippen LogP contribution is -2.35. The van der Waals surface area contributed by atoms with Crippen molar-refractivity contribution in [2.75, 3.05) is 34.7 Å². The maximum absolute atomic E-state index is 11.8. The summed E-state index contributed by atoms with van der Waals surface area (Å²) in [6.45, 7) is 3.10. The van der Waals surface area contributed by atoms with Crippen molar-refractivity contribution >= 4 is 35.8 Å². The van der Waals surface area contributed by atoms with Gasteiger partial charge in [0.15, 0.2) is 5.96 Å². The number of rotatable bonds is 4. The number of guanidine groups is 1. The first-order valence-electron chi connectivity index (χ1n) is 6.72. The van der Waals surface area contributed by atoms with Crippen LogP contribution in [0.3, 0.4) is 0 Å². The van der Waals surface area contributed by atoms with Crippen LogP contribution in [0, 0.1) is 0 Å². The Hall–Kier alpha value is -1.31. The highest BCUT2D eigenvalue weighted by atomic mass is 127. The smallest absolute Gasteiger partial charge is 0.251 e. The van der Waals surface area contributed by atoms with E-state index >= 15 is 0 Å². The van der Waals surface area contributed by atoms with Crippen LogP contribution in [0.4, 0.5) is 0 Å². The van der Waals surface area contributed by atoms with Crippen molar-refractivity contribution in [3.8, 4) is 0 Å². The average molecular weight is 404 g/mol. The minimum atomic E-state index is -0.0428. The van der Waals surface area contributed by atoms with Gasteiger partial charge in [0.05, 0.1) is 6.54 Å². The molecule has 0 aliphatic carbocycles. The predicted octanol–water partition coefficient (Wildman–Crippen LogP) is 2.03. The first-order chi connectivity index (χ1) is 9.45. The molecule has 0 aliphatic rings. The molecule has 1 amide bonds. The second-order valence-corrected chi connectivity index (χ2v) is 4.96. The summed E-state index contributed by atoms with van der Waals surface area (Å²) in [4.78, 5) is 20.3. The first kappa shape index (κ1) is 19.7. The minimum Gasteiger partial charge on any atom is -0.352 e. The normalized spacial score (nSPS) is 9.38. The molecule has 0 aromatic heterocycles. The lowest BCUT2D eigenvalue weighted by Gasteiger charge is -2.22. The van der Waals surface area contributed by atoms with Gasteiger partial charge in [-0.1, -0.05) is 12.1 Å². The van der Waals surface area contributed by atoms with Gasteiger partial charge in [-0.2, -0.15) is 0 Å². The zero-order chi connectivity index (χ0) is 15.1. The van der Waals surface area contributed by atoms with E-state index in [0.717, 1.165) is 11.5 Å². The average Bonchev–Trinajstić information content (AvgIpc) is 2.38. The third kappa shape index (κ3) is 6.33.